The highest BCUT2D eigenvalue weighted by Crippen LogP contribution is 2.30. The molecule has 118 valence electrons. The topological polar surface area (TPSA) is 56.1 Å². The molecule has 0 aliphatic rings. The van der Waals surface area contributed by atoms with Crippen molar-refractivity contribution in [3.05, 3.63) is 41.7 Å². The molecule has 0 saturated carbocycles. The molecule has 1 N–H and O–H groups in total. The van der Waals surface area contributed by atoms with Crippen molar-refractivity contribution < 1.29 is 22.7 Å². The maximum atomic E-state index is 12.7. The highest BCUT2D eigenvalue weighted by atomic mass is 19.4. The number of rotatable bonds is 4. The molecule has 1 amide bonds. The second-order valence-electron chi connectivity index (χ2n) is 4.42. The van der Waals surface area contributed by atoms with Crippen molar-refractivity contribution in [2.45, 2.75) is 13.1 Å². The molecular weight excluding hydrogens is 299 g/mol. The fraction of sp³-hybridized carbons (Fsp3) is 0.286. The van der Waals surface area contributed by atoms with Crippen molar-refractivity contribution in [1.29, 1.82) is 0 Å². The molecule has 0 atom stereocenters. The number of ether oxygens (including phenoxy) is 1. The minimum Gasteiger partial charge on any atom is -0.492 e. The number of nitrogens with zero attached hydrogens (tertiary/aromatic N) is 2. The summed E-state index contributed by atoms with van der Waals surface area (Å²) in [4.78, 5) is 12.1. The lowest BCUT2D eigenvalue weighted by Gasteiger charge is -2.10. The van der Waals surface area contributed by atoms with Gasteiger partial charge in [0.15, 0.2) is 5.69 Å². The zero-order valence-corrected chi connectivity index (χ0v) is 11.9. The molecule has 1 heterocycles. The van der Waals surface area contributed by atoms with E-state index in [0.29, 0.717) is 28.8 Å². The summed E-state index contributed by atoms with van der Waals surface area (Å²) in [6.45, 7) is 2.18. The number of para-hydroxylation sites is 2. The number of nitrogens with one attached hydrogen (secondary N) is 1. The standard InChI is InChI=1S/C14H14F3N3O2/c1-3-22-11-7-5-4-6-9(11)18-13(21)10-8-12(14(15,16)17)20(2)19-10/h4-8H,3H2,1-2H3,(H,18,21). The molecule has 0 unspecified atom stereocenters. The Morgan fingerprint density at radius 1 is 1.36 bits per heavy atom. The van der Waals surface area contributed by atoms with Gasteiger partial charge in [0.2, 0.25) is 0 Å². The second-order valence-corrected chi connectivity index (χ2v) is 4.42. The number of aromatic nitrogens is 2. The molecule has 2 rings (SSSR count). The predicted octanol–water partition coefficient (Wildman–Crippen LogP) is 3.09. The van der Waals surface area contributed by atoms with E-state index in [0.717, 1.165) is 7.05 Å². The molecule has 5 nitrogen and oxygen atoms in total. The molecule has 8 heteroatoms. The van der Waals surface area contributed by atoms with E-state index in [2.05, 4.69) is 10.4 Å². The zero-order chi connectivity index (χ0) is 16.3. The third-order valence-corrected chi connectivity index (χ3v) is 2.84. The number of hydrogen-bond donors (Lipinski definition) is 1. The van der Waals surface area contributed by atoms with Crippen LogP contribution in [0.5, 0.6) is 5.75 Å². The average Bonchev–Trinajstić information content (AvgIpc) is 2.83. The van der Waals surface area contributed by atoms with E-state index < -0.39 is 17.8 Å². The molecular formula is C14H14F3N3O2. The number of aryl methyl sites for hydroxylation is 1. The van der Waals surface area contributed by atoms with Gasteiger partial charge in [-0.3, -0.25) is 9.48 Å². The molecule has 22 heavy (non-hydrogen) atoms. The Morgan fingerprint density at radius 3 is 2.64 bits per heavy atom. The number of alkyl halides is 3. The highest BCUT2D eigenvalue weighted by molar-refractivity contribution is 6.03. The van der Waals surface area contributed by atoms with Gasteiger partial charge in [0, 0.05) is 13.1 Å². The van der Waals surface area contributed by atoms with Crippen molar-refractivity contribution in [3.8, 4) is 5.75 Å². The quantitative estimate of drug-likeness (QED) is 0.943. The number of halogens is 3. The Hall–Kier alpha value is -2.51. The van der Waals surface area contributed by atoms with Crippen LogP contribution in [0.3, 0.4) is 0 Å². The van der Waals surface area contributed by atoms with Gasteiger partial charge in [-0.15, -0.1) is 0 Å². The molecule has 0 aliphatic carbocycles. The average molecular weight is 313 g/mol. The van der Waals surface area contributed by atoms with Crippen LogP contribution in [-0.4, -0.2) is 22.3 Å². The maximum absolute atomic E-state index is 12.7. The van der Waals surface area contributed by atoms with E-state index in [1.165, 1.54) is 0 Å². The number of carbonyl (C=O) groups is 1. The Balaban J connectivity index is 2.23. The fourth-order valence-corrected chi connectivity index (χ4v) is 1.88. The van der Waals surface area contributed by atoms with Crippen LogP contribution in [0.25, 0.3) is 0 Å². The van der Waals surface area contributed by atoms with Crippen LogP contribution in [0, 0.1) is 0 Å². The third kappa shape index (κ3) is 3.38. The van der Waals surface area contributed by atoms with Gasteiger partial charge < -0.3 is 10.1 Å². The number of hydrogen-bond acceptors (Lipinski definition) is 3. The van der Waals surface area contributed by atoms with Gasteiger partial charge in [0.25, 0.3) is 5.91 Å². The SMILES string of the molecule is CCOc1ccccc1NC(=O)c1cc(C(F)(F)F)n(C)n1. The monoisotopic (exact) mass is 313 g/mol. The minimum absolute atomic E-state index is 0.318. The first kappa shape index (κ1) is 15.9. The Labute approximate surface area is 124 Å². The lowest BCUT2D eigenvalue weighted by molar-refractivity contribution is -0.143. The Morgan fingerprint density at radius 2 is 2.05 bits per heavy atom. The van der Waals surface area contributed by atoms with Crippen molar-refractivity contribution >= 4 is 11.6 Å². The van der Waals surface area contributed by atoms with Crippen LogP contribution >= 0.6 is 0 Å². The molecule has 0 fully saturated rings. The summed E-state index contributed by atoms with van der Waals surface area (Å²) in [5.74, 6) is -0.302. The number of amides is 1. The lowest BCUT2D eigenvalue weighted by atomic mass is 10.2. The molecule has 0 bridgehead atoms. The summed E-state index contributed by atoms with van der Waals surface area (Å²) >= 11 is 0. The van der Waals surface area contributed by atoms with Gasteiger partial charge in [-0.25, -0.2) is 0 Å². The van der Waals surface area contributed by atoms with E-state index >= 15 is 0 Å². The van der Waals surface area contributed by atoms with E-state index in [-0.39, 0.29) is 5.69 Å². The van der Waals surface area contributed by atoms with E-state index in [1.807, 2.05) is 0 Å². The molecule has 0 spiro atoms. The molecule has 1 aromatic heterocycles. The summed E-state index contributed by atoms with van der Waals surface area (Å²) in [5, 5.41) is 6.09. The van der Waals surface area contributed by atoms with Crippen molar-refractivity contribution in [1.82, 2.24) is 9.78 Å². The molecule has 0 radical (unpaired) electrons. The van der Waals surface area contributed by atoms with Gasteiger partial charge in [-0.05, 0) is 19.1 Å². The second kappa shape index (κ2) is 6.08. The van der Waals surface area contributed by atoms with Gasteiger partial charge >= 0.3 is 6.18 Å². The number of benzene rings is 1. The summed E-state index contributed by atoms with van der Waals surface area (Å²) in [5.41, 5.74) is -0.939. The van der Waals surface area contributed by atoms with E-state index in [9.17, 15) is 18.0 Å². The maximum Gasteiger partial charge on any atom is 0.433 e. The number of carbonyl (C=O) groups excluding carboxylic acids is 1. The van der Waals surface area contributed by atoms with Crippen LogP contribution in [0.1, 0.15) is 23.1 Å². The summed E-state index contributed by atoms with van der Waals surface area (Å²) in [6, 6.07) is 7.36. The van der Waals surface area contributed by atoms with Gasteiger partial charge in [-0.1, -0.05) is 12.1 Å². The van der Waals surface area contributed by atoms with Gasteiger partial charge in [0.05, 0.1) is 12.3 Å². The fourth-order valence-electron chi connectivity index (χ4n) is 1.88. The molecule has 2 aromatic rings. The van der Waals surface area contributed by atoms with Crippen LogP contribution in [-0.2, 0) is 13.2 Å². The lowest BCUT2D eigenvalue weighted by Crippen LogP contribution is -2.14. The predicted molar refractivity (Wildman–Crippen MR) is 73.8 cm³/mol. The normalized spacial score (nSPS) is 11.3. The van der Waals surface area contributed by atoms with Crippen LogP contribution in [0.4, 0.5) is 18.9 Å². The molecule has 0 aliphatic heterocycles. The first-order valence-corrected chi connectivity index (χ1v) is 6.47. The van der Waals surface area contributed by atoms with Crippen molar-refractivity contribution in [3.63, 3.8) is 0 Å². The molecule has 0 saturated heterocycles. The van der Waals surface area contributed by atoms with Gasteiger partial charge in [-0.2, -0.15) is 18.3 Å². The summed E-state index contributed by atoms with van der Waals surface area (Å²) in [6.07, 6.45) is -4.57. The van der Waals surface area contributed by atoms with Crippen LogP contribution < -0.4 is 10.1 Å². The Kier molecular flexibility index (Phi) is 4.39. The van der Waals surface area contributed by atoms with Crippen molar-refractivity contribution in [2.24, 2.45) is 7.05 Å². The Bertz CT molecular complexity index is 680. The zero-order valence-electron chi connectivity index (χ0n) is 11.9. The summed E-state index contributed by atoms with van der Waals surface area (Å²) < 4.78 is 44.1. The number of anilines is 1. The van der Waals surface area contributed by atoms with Crippen LogP contribution in [0.15, 0.2) is 30.3 Å². The first-order chi connectivity index (χ1) is 10.3. The largest absolute Gasteiger partial charge is 0.492 e. The summed E-state index contributed by atoms with van der Waals surface area (Å²) in [7, 11) is 1.13. The van der Waals surface area contributed by atoms with Crippen LogP contribution in [0.2, 0.25) is 0 Å². The van der Waals surface area contributed by atoms with Gasteiger partial charge in [0.1, 0.15) is 11.4 Å². The first-order valence-electron chi connectivity index (χ1n) is 6.47. The third-order valence-electron chi connectivity index (χ3n) is 2.84. The minimum atomic E-state index is -4.57. The van der Waals surface area contributed by atoms with E-state index in [1.54, 1.807) is 31.2 Å². The van der Waals surface area contributed by atoms with Crippen molar-refractivity contribution in [2.75, 3.05) is 11.9 Å². The van der Waals surface area contributed by atoms with E-state index in [4.69, 9.17) is 4.74 Å². The highest BCUT2D eigenvalue weighted by Gasteiger charge is 2.35. The smallest absolute Gasteiger partial charge is 0.433 e. The molecule has 1 aromatic carbocycles.